The molecule has 0 radical (unpaired) electrons. The molecule has 4 nitrogen and oxygen atoms in total. The van der Waals surface area contributed by atoms with Crippen LogP contribution in [0.1, 0.15) is 15.9 Å². The average Bonchev–Trinajstić information content (AvgIpc) is 2.74. The standard InChI is InChI=1S/C24H20N2O2/c1-26(16-20-7-3-9-23-22(20)8-4-14-25-23)24(28)19-6-2-5-18(15-19)17-10-12-21(27)13-11-17/h2-15,27H,16H2,1H3. The number of carbonyl (C=O) groups excluding carboxylic acids is 1. The smallest absolute Gasteiger partial charge is 0.253 e. The molecule has 1 N–H and O–H groups in total. The van der Waals surface area contributed by atoms with Gasteiger partial charge in [0.1, 0.15) is 5.75 Å². The monoisotopic (exact) mass is 368 g/mol. The summed E-state index contributed by atoms with van der Waals surface area (Å²) in [5.41, 5.74) is 4.52. The molecule has 0 aliphatic carbocycles. The van der Waals surface area contributed by atoms with Gasteiger partial charge in [-0.25, -0.2) is 0 Å². The van der Waals surface area contributed by atoms with E-state index >= 15 is 0 Å². The Labute approximate surface area is 163 Å². The summed E-state index contributed by atoms with van der Waals surface area (Å²) in [5.74, 6) is 0.182. The Morgan fingerprint density at radius 3 is 2.54 bits per heavy atom. The van der Waals surface area contributed by atoms with Crippen molar-refractivity contribution in [2.24, 2.45) is 0 Å². The van der Waals surface area contributed by atoms with E-state index in [2.05, 4.69) is 4.98 Å². The fraction of sp³-hybridized carbons (Fsp3) is 0.0833. The summed E-state index contributed by atoms with van der Waals surface area (Å²) < 4.78 is 0. The van der Waals surface area contributed by atoms with E-state index in [0.29, 0.717) is 12.1 Å². The van der Waals surface area contributed by atoms with Crippen molar-refractivity contribution in [3.8, 4) is 16.9 Å². The first kappa shape index (κ1) is 17.7. The highest BCUT2D eigenvalue weighted by molar-refractivity contribution is 5.95. The molecule has 0 unspecified atom stereocenters. The normalized spacial score (nSPS) is 10.8. The second-order valence-electron chi connectivity index (χ2n) is 6.78. The van der Waals surface area contributed by atoms with Gasteiger partial charge in [0.15, 0.2) is 0 Å². The van der Waals surface area contributed by atoms with Gasteiger partial charge in [0.05, 0.1) is 5.52 Å². The lowest BCUT2D eigenvalue weighted by molar-refractivity contribution is 0.0785. The summed E-state index contributed by atoms with van der Waals surface area (Å²) in [6.07, 6.45) is 1.77. The molecule has 0 fully saturated rings. The summed E-state index contributed by atoms with van der Waals surface area (Å²) in [6, 6.07) is 24.4. The molecular formula is C24H20N2O2. The van der Waals surface area contributed by atoms with E-state index in [1.807, 2.05) is 73.8 Å². The lowest BCUT2D eigenvalue weighted by atomic mass is 10.0. The second kappa shape index (κ2) is 7.53. The molecule has 0 saturated heterocycles. The number of aromatic hydroxyl groups is 1. The summed E-state index contributed by atoms with van der Waals surface area (Å²) in [7, 11) is 1.81. The number of hydrogen-bond acceptors (Lipinski definition) is 3. The molecule has 0 aliphatic rings. The molecule has 4 rings (SSSR count). The SMILES string of the molecule is CN(Cc1cccc2ncccc12)C(=O)c1cccc(-c2ccc(O)cc2)c1. The lowest BCUT2D eigenvalue weighted by Crippen LogP contribution is -2.26. The van der Waals surface area contributed by atoms with E-state index in [4.69, 9.17) is 0 Å². The van der Waals surface area contributed by atoms with Crippen LogP contribution < -0.4 is 0 Å². The number of amides is 1. The van der Waals surface area contributed by atoms with Crippen molar-refractivity contribution in [2.75, 3.05) is 7.05 Å². The van der Waals surface area contributed by atoms with Gasteiger partial charge in [0.25, 0.3) is 5.91 Å². The number of phenolic OH excluding ortho intramolecular Hbond substituents is 1. The summed E-state index contributed by atoms with van der Waals surface area (Å²) in [4.78, 5) is 19.1. The molecule has 4 heteroatoms. The fourth-order valence-corrected chi connectivity index (χ4v) is 3.34. The molecule has 3 aromatic carbocycles. The van der Waals surface area contributed by atoms with Gasteiger partial charge >= 0.3 is 0 Å². The van der Waals surface area contributed by atoms with E-state index in [1.54, 1.807) is 23.2 Å². The van der Waals surface area contributed by atoms with Gasteiger partial charge in [-0.3, -0.25) is 9.78 Å². The molecule has 0 aliphatic heterocycles. The third kappa shape index (κ3) is 3.58. The van der Waals surface area contributed by atoms with Crippen LogP contribution in [0.15, 0.2) is 85.1 Å². The van der Waals surface area contributed by atoms with Gasteiger partial charge < -0.3 is 10.0 Å². The number of rotatable bonds is 4. The minimum absolute atomic E-state index is 0.0403. The molecule has 0 atom stereocenters. The van der Waals surface area contributed by atoms with Crippen molar-refractivity contribution in [2.45, 2.75) is 6.54 Å². The van der Waals surface area contributed by atoms with E-state index in [-0.39, 0.29) is 11.7 Å². The molecule has 1 heterocycles. The maximum absolute atomic E-state index is 13.0. The van der Waals surface area contributed by atoms with Gasteiger partial charge in [-0.1, -0.05) is 42.5 Å². The Balaban J connectivity index is 1.59. The Morgan fingerprint density at radius 2 is 1.71 bits per heavy atom. The topological polar surface area (TPSA) is 53.4 Å². The van der Waals surface area contributed by atoms with Gasteiger partial charge in [0, 0.05) is 30.7 Å². The minimum atomic E-state index is -0.0403. The van der Waals surface area contributed by atoms with Crippen molar-refractivity contribution in [3.05, 3.63) is 96.2 Å². The first-order valence-corrected chi connectivity index (χ1v) is 9.09. The average molecular weight is 368 g/mol. The number of benzene rings is 3. The largest absolute Gasteiger partial charge is 0.508 e. The molecule has 0 bridgehead atoms. The van der Waals surface area contributed by atoms with Crippen molar-refractivity contribution in [1.82, 2.24) is 9.88 Å². The van der Waals surface area contributed by atoms with Crippen LogP contribution in [0.25, 0.3) is 22.0 Å². The van der Waals surface area contributed by atoms with Crippen LogP contribution in [-0.4, -0.2) is 27.9 Å². The number of fused-ring (bicyclic) bond motifs is 1. The highest BCUT2D eigenvalue weighted by Gasteiger charge is 2.14. The van der Waals surface area contributed by atoms with Crippen molar-refractivity contribution in [3.63, 3.8) is 0 Å². The number of aromatic nitrogens is 1. The zero-order valence-electron chi connectivity index (χ0n) is 15.5. The Morgan fingerprint density at radius 1 is 0.929 bits per heavy atom. The Bertz CT molecular complexity index is 1130. The molecule has 0 spiro atoms. The molecule has 138 valence electrons. The van der Waals surface area contributed by atoms with Crippen LogP contribution in [0, 0.1) is 0 Å². The van der Waals surface area contributed by atoms with Gasteiger partial charge in [0.2, 0.25) is 0 Å². The highest BCUT2D eigenvalue weighted by Crippen LogP contribution is 2.24. The van der Waals surface area contributed by atoms with Crippen LogP contribution in [0.5, 0.6) is 5.75 Å². The van der Waals surface area contributed by atoms with Crippen LogP contribution in [0.3, 0.4) is 0 Å². The summed E-state index contributed by atoms with van der Waals surface area (Å²) in [5, 5.41) is 10.5. The Kier molecular flexibility index (Phi) is 4.77. The maximum Gasteiger partial charge on any atom is 0.253 e. The van der Waals surface area contributed by atoms with Gasteiger partial charge in [-0.15, -0.1) is 0 Å². The van der Waals surface area contributed by atoms with Crippen LogP contribution in [-0.2, 0) is 6.54 Å². The van der Waals surface area contributed by atoms with Gasteiger partial charge in [-0.2, -0.15) is 0 Å². The van der Waals surface area contributed by atoms with Crippen LogP contribution in [0.2, 0.25) is 0 Å². The number of pyridine rings is 1. The zero-order chi connectivity index (χ0) is 19.5. The molecule has 4 aromatic rings. The molecule has 1 amide bonds. The van der Waals surface area contributed by atoms with Crippen molar-refractivity contribution < 1.29 is 9.90 Å². The van der Waals surface area contributed by atoms with Crippen molar-refractivity contribution >= 4 is 16.8 Å². The summed E-state index contributed by atoms with van der Waals surface area (Å²) in [6.45, 7) is 0.505. The molecule has 0 saturated carbocycles. The molecular weight excluding hydrogens is 348 g/mol. The first-order valence-electron chi connectivity index (χ1n) is 9.09. The molecule has 1 aromatic heterocycles. The van der Waals surface area contributed by atoms with E-state index in [9.17, 15) is 9.90 Å². The zero-order valence-corrected chi connectivity index (χ0v) is 15.5. The predicted octanol–water partition coefficient (Wildman–Crippen LogP) is 4.88. The van der Waals surface area contributed by atoms with E-state index < -0.39 is 0 Å². The third-order valence-electron chi connectivity index (χ3n) is 4.80. The van der Waals surface area contributed by atoms with Crippen LogP contribution >= 0.6 is 0 Å². The molecule has 28 heavy (non-hydrogen) atoms. The quantitative estimate of drug-likeness (QED) is 0.559. The van der Waals surface area contributed by atoms with Crippen LogP contribution in [0.4, 0.5) is 0 Å². The number of phenols is 1. The lowest BCUT2D eigenvalue weighted by Gasteiger charge is -2.19. The fourth-order valence-electron chi connectivity index (χ4n) is 3.34. The summed E-state index contributed by atoms with van der Waals surface area (Å²) >= 11 is 0. The number of hydrogen-bond donors (Lipinski definition) is 1. The number of carbonyl (C=O) groups is 1. The second-order valence-corrected chi connectivity index (χ2v) is 6.78. The minimum Gasteiger partial charge on any atom is -0.508 e. The first-order chi connectivity index (χ1) is 13.6. The highest BCUT2D eigenvalue weighted by atomic mass is 16.3. The Hall–Kier alpha value is -3.66. The maximum atomic E-state index is 13.0. The van der Waals surface area contributed by atoms with E-state index in [0.717, 1.165) is 27.6 Å². The third-order valence-corrected chi connectivity index (χ3v) is 4.80. The van der Waals surface area contributed by atoms with Gasteiger partial charge in [-0.05, 0) is 53.1 Å². The number of nitrogens with zero attached hydrogens (tertiary/aromatic N) is 2. The van der Waals surface area contributed by atoms with E-state index in [1.165, 1.54) is 0 Å². The van der Waals surface area contributed by atoms with Crippen molar-refractivity contribution in [1.29, 1.82) is 0 Å². The predicted molar refractivity (Wildman–Crippen MR) is 111 cm³/mol.